The highest BCUT2D eigenvalue weighted by atomic mass is 19.1. The molecule has 2 heterocycles. The molecule has 4 nitrogen and oxygen atoms in total. The Morgan fingerprint density at radius 1 is 1.29 bits per heavy atom. The van der Waals surface area contributed by atoms with Gasteiger partial charge in [0.25, 0.3) is 0 Å². The Morgan fingerprint density at radius 2 is 2.10 bits per heavy atom. The number of hydrogen-bond acceptors (Lipinski definition) is 3. The number of fused-ring (bicyclic) bond motifs is 1. The zero-order valence-electron chi connectivity index (χ0n) is 12.3. The summed E-state index contributed by atoms with van der Waals surface area (Å²) in [6.45, 7) is 5.11. The Labute approximate surface area is 125 Å². The van der Waals surface area contributed by atoms with Gasteiger partial charge in [-0.15, -0.1) is 0 Å². The summed E-state index contributed by atoms with van der Waals surface area (Å²) in [5.74, 6) is -0.341. The third-order valence-electron chi connectivity index (χ3n) is 4.65. The minimum Gasteiger partial charge on any atom is -0.384 e. The summed E-state index contributed by atoms with van der Waals surface area (Å²) in [6.07, 6.45) is 3.71. The van der Waals surface area contributed by atoms with Crippen LogP contribution >= 0.6 is 0 Å². The molecule has 21 heavy (non-hydrogen) atoms. The summed E-state index contributed by atoms with van der Waals surface area (Å²) in [5, 5.41) is 7.36. The van der Waals surface area contributed by atoms with E-state index in [1.54, 1.807) is 12.1 Å². The van der Waals surface area contributed by atoms with Gasteiger partial charge >= 0.3 is 0 Å². The normalized spacial score (nSPS) is 23.8. The van der Waals surface area contributed by atoms with Gasteiger partial charge in [0.05, 0.1) is 0 Å². The first kappa shape index (κ1) is 14.5. The minimum absolute atomic E-state index is 0.0863. The molecular formula is C16H23FN4. The van der Waals surface area contributed by atoms with Gasteiger partial charge in [-0.2, -0.15) is 0 Å². The topological polar surface area (TPSA) is 56.4 Å². The van der Waals surface area contributed by atoms with Crippen molar-refractivity contribution < 1.29 is 4.39 Å². The van der Waals surface area contributed by atoms with Gasteiger partial charge in [-0.05, 0) is 45.0 Å². The van der Waals surface area contributed by atoms with E-state index in [0.717, 1.165) is 19.5 Å². The van der Waals surface area contributed by atoms with E-state index >= 15 is 0 Å². The molecule has 1 atom stereocenters. The second-order valence-corrected chi connectivity index (χ2v) is 6.14. The summed E-state index contributed by atoms with van der Waals surface area (Å²) >= 11 is 0. The number of benzene rings is 1. The van der Waals surface area contributed by atoms with Crippen LogP contribution in [0.25, 0.3) is 0 Å². The van der Waals surface area contributed by atoms with Crippen LogP contribution in [0.15, 0.2) is 18.2 Å². The first-order valence-electron chi connectivity index (χ1n) is 7.73. The highest BCUT2D eigenvalue weighted by Crippen LogP contribution is 2.23. The van der Waals surface area contributed by atoms with Crippen LogP contribution in [0.2, 0.25) is 0 Å². The summed E-state index contributed by atoms with van der Waals surface area (Å²) < 4.78 is 14.1. The van der Waals surface area contributed by atoms with E-state index in [0.29, 0.717) is 23.7 Å². The van der Waals surface area contributed by atoms with Crippen molar-refractivity contribution in [2.24, 2.45) is 5.73 Å². The molecular weight excluding hydrogens is 267 g/mol. The molecule has 2 aliphatic rings. The first-order valence-corrected chi connectivity index (χ1v) is 7.73. The van der Waals surface area contributed by atoms with Crippen LogP contribution in [0, 0.1) is 11.2 Å². The Kier molecular flexibility index (Phi) is 4.22. The van der Waals surface area contributed by atoms with Crippen LogP contribution in [-0.2, 0) is 6.54 Å². The van der Waals surface area contributed by atoms with Crippen LogP contribution in [-0.4, -0.2) is 47.9 Å². The number of nitrogens with one attached hydrogen (secondary N) is 1. The van der Waals surface area contributed by atoms with Crippen molar-refractivity contribution in [2.45, 2.75) is 31.8 Å². The molecule has 2 saturated heterocycles. The van der Waals surface area contributed by atoms with Gasteiger partial charge in [-0.3, -0.25) is 15.2 Å². The van der Waals surface area contributed by atoms with Crippen molar-refractivity contribution in [3.05, 3.63) is 35.1 Å². The molecule has 0 spiro atoms. The maximum absolute atomic E-state index is 14.1. The highest BCUT2D eigenvalue weighted by molar-refractivity contribution is 5.94. The Hall–Kier alpha value is -1.46. The predicted octanol–water partition coefficient (Wildman–Crippen LogP) is 1.78. The summed E-state index contributed by atoms with van der Waals surface area (Å²) in [6, 6.07) is 5.52. The molecule has 0 amide bonds. The quantitative estimate of drug-likeness (QED) is 0.659. The molecule has 1 aromatic rings. The Bertz CT molecular complexity index is 531. The second-order valence-electron chi connectivity index (χ2n) is 6.14. The zero-order chi connectivity index (χ0) is 14.8. The lowest BCUT2D eigenvalue weighted by Crippen LogP contribution is -2.36. The van der Waals surface area contributed by atoms with Gasteiger partial charge in [0.1, 0.15) is 11.7 Å². The van der Waals surface area contributed by atoms with E-state index in [1.165, 1.54) is 32.0 Å². The number of nitrogens with two attached hydrogens (primary N) is 1. The van der Waals surface area contributed by atoms with Gasteiger partial charge in [0.15, 0.2) is 0 Å². The molecule has 2 fully saturated rings. The van der Waals surface area contributed by atoms with Crippen LogP contribution in [0.5, 0.6) is 0 Å². The minimum atomic E-state index is -0.254. The first-order chi connectivity index (χ1) is 10.1. The highest BCUT2D eigenvalue weighted by Gasteiger charge is 2.28. The molecule has 0 aliphatic carbocycles. The maximum Gasteiger partial charge on any atom is 0.128 e. The molecule has 1 aromatic carbocycles. The number of amidine groups is 1. The largest absolute Gasteiger partial charge is 0.384 e. The lowest BCUT2D eigenvalue weighted by Gasteiger charge is -2.25. The summed E-state index contributed by atoms with van der Waals surface area (Å²) in [4.78, 5) is 4.94. The molecule has 0 bridgehead atoms. The van der Waals surface area contributed by atoms with E-state index in [9.17, 15) is 4.39 Å². The molecule has 2 aliphatic heterocycles. The van der Waals surface area contributed by atoms with Crippen molar-refractivity contribution in [1.29, 1.82) is 5.41 Å². The average molecular weight is 290 g/mol. The fourth-order valence-corrected chi connectivity index (χ4v) is 3.51. The monoisotopic (exact) mass is 290 g/mol. The van der Waals surface area contributed by atoms with Gasteiger partial charge in [0, 0.05) is 30.3 Å². The zero-order valence-corrected chi connectivity index (χ0v) is 12.3. The van der Waals surface area contributed by atoms with Gasteiger partial charge in [-0.1, -0.05) is 12.1 Å². The average Bonchev–Trinajstić information content (AvgIpc) is 2.79. The van der Waals surface area contributed by atoms with E-state index in [-0.39, 0.29) is 11.7 Å². The van der Waals surface area contributed by atoms with Crippen molar-refractivity contribution in [3.8, 4) is 0 Å². The molecule has 3 rings (SSSR count). The molecule has 5 heteroatoms. The summed E-state index contributed by atoms with van der Waals surface area (Å²) in [7, 11) is 0. The number of hydrogen-bond donors (Lipinski definition) is 2. The third kappa shape index (κ3) is 3.24. The lowest BCUT2D eigenvalue weighted by atomic mass is 10.1. The predicted molar refractivity (Wildman–Crippen MR) is 81.9 cm³/mol. The Morgan fingerprint density at radius 3 is 2.86 bits per heavy atom. The van der Waals surface area contributed by atoms with Crippen LogP contribution in [0.4, 0.5) is 4.39 Å². The molecule has 0 saturated carbocycles. The van der Waals surface area contributed by atoms with Crippen molar-refractivity contribution in [2.75, 3.05) is 26.2 Å². The van der Waals surface area contributed by atoms with Gasteiger partial charge in [-0.25, -0.2) is 4.39 Å². The lowest BCUT2D eigenvalue weighted by molar-refractivity contribution is 0.214. The van der Waals surface area contributed by atoms with E-state index in [2.05, 4.69) is 9.80 Å². The molecule has 114 valence electrons. The number of halogens is 1. The van der Waals surface area contributed by atoms with Crippen molar-refractivity contribution >= 4 is 5.84 Å². The summed E-state index contributed by atoms with van der Waals surface area (Å²) in [5.41, 5.74) is 6.55. The van der Waals surface area contributed by atoms with Crippen molar-refractivity contribution in [3.63, 3.8) is 0 Å². The molecule has 0 aromatic heterocycles. The number of nitrogen functional groups attached to an aromatic ring is 1. The molecule has 3 N–H and O–H groups in total. The van der Waals surface area contributed by atoms with E-state index < -0.39 is 0 Å². The van der Waals surface area contributed by atoms with E-state index in [4.69, 9.17) is 11.1 Å². The van der Waals surface area contributed by atoms with Gasteiger partial charge < -0.3 is 5.73 Å². The third-order valence-corrected chi connectivity index (χ3v) is 4.65. The molecule has 0 radical (unpaired) electrons. The van der Waals surface area contributed by atoms with Crippen LogP contribution in [0.3, 0.4) is 0 Å². The number of nitrogens with zero attached hydrogens (tertiary/aromatic N) is 2. The maximum atomic E-state index is 14.1. The van der Waals surface area contributed by atoms with E-state index in [1.807, 2.05) is 0 Å². The van der Waals surface area contributed by atoms with Crippen molar-refractivity contribution in [1.82, 2.24) is 9.80 Å². The van der Waals surface area contributed by atoms with Gasteiger partial charge in [0.2, 0.25) is 0 Å². The Balaban J connectivity index is 1.69. The van der Waals surface area contributed by atoms with Crippen LogP contribution in [0.1, 0.15) is 30.4 Å². The smallest absolute Gasteiger partial charge is 0.128 e. The SMILES string of the molecule is N=C(N)c1ccc(CN2CCCN3CCCC3C2)c(F)c1. The molecule has 1 unspecified atom stereocenters. The fourth-order valence-electron chi connectivity index (χ4n) is 3.51. The number of rotatable bonds is 3. The standard InChI is InChI=1S/C16H23FN4/c17-15-9-12(16(18)19)4-5-13(15)10-20-6-2-8-21-7-1-3-14(21)11-20/h4-5,9,14H,1-3,6-8,10-11H2,(H3,18,19). The second kappa shape index (κ2) is 6.12. The van der Waals surface area contributed by atoms with Crippen LogP contribution < -0.4 is 5.73 Å². The fraction of sp³-hybridized carbons (Fsp3) is 0.562.